The van der Waals surface area contributed by atoms with Gasteiger partial charge in [0.05, 0.1) is 13.2 Å². The summed E-state index contributed by atoms with van der Waals surface area (Å²) in [5.41, 5.74) is 0. The highest BCUT2D eigenvalue weighted by Gasteiger charge is 2.28. The first-order valence-electron chi connectivity index (χ1n) is 21.0. The van der Waals surface area contributed by atoms with Crippen LogP contribution in [0.4, 0.5) is 0 Å². The van der Waals surface area contributed by atoms with Crippen LogP contribution in [0, 0.1) is 0 Å². The van der Waals surface area contributed by atoms with Crippen molar-refractivity contribution in [2.24, 2.45) is 0 Å². The summed E-state index contributed by atoms with van der Waals surface area (Å²) in [4.78, 5) is 45.8. The Morgan fingerprint density at radius 2 is 1.00 bits per heavy atom. The number of aliphatic hydroxyl groups is 1. The van der Waals surface area contributed by atoms with Crippen LogP contribution in [0.25, 0.3) is 0 Å². The van der Waals surface area contributed by atoms with Crippen molar-refractivity contribution in [2.75, 3.05) is 19.8 Å². The molecule has 0 aliphatic rings. The van der Waals surface area contributed by atoms with Crippen LogP contribution in [0.3, 0.4) is 0 Å². The van der Waals surface area contributed by atoms with Gasteiger partial charge >= 0.3 is 19.8 Å². The second kappa shape index (κ2) is 38.8. The zero-order valence-electron chi connectivity index (χ0n) is 34.4. The lowest BCUT2D eigenvalue weighted by atomic mass is 10.1. The summed E-state index contributed by atoms with van der Waals surface area (Å²) >= 11 is 0. The topological polar surface area (TPSA) is 169 Å². The van der Waals surface area contributed by atoms with Crippen LogP contribution < -0.4 is 5.32 Å². The molecule has 11 nitrogen and oxygen atoms in total. The zero-order chi connectivity index (χ0) is 41.4. The van der Waals surface area contributed by atoms with Crippen LogP contribution in [-0.4, -0.2) is 64.9 Å². The molecule has 0 bridgehead atoms. The Morgan fingerprint density at radius 3 is 1.50 bits per heavy atom. The molecule has 0 aliphatic carbocycles. The molecule has 0 radical (unpaired) electrons. The van der Waals surface area contributed by atoms with Gasteiger partial charge in [-0.3, -0.25) is 18.6 Å². The van der Waals surface area contributed by atoms with E-state index >= 15 is 0 Å². The standard InChI is InChI=1S/C44H74NO10P/c1-3-5-7-9-11-13-15-17-19-20-22-23-25-27-29-31-33-35-42(47)45-41(44(49)50)39-55-56(51,52)54-38-40(46)37-53-43(48)36-34-32-30-28-26-24-21-18-16-14-12-10-8-6-4-2/h11-14,17-19,21-23,27,29,40-41,46H,3-10,15-16,20,24-26,28,30-39H2,1-2H3,(H,45,47)(H,49,50)(H,51,52)/b13-11-,14-12-,19-17-,21-18-,23-22-,29-27-. The number of allylic oxidation sites excluding steroid dienone is 12. The lowest BCUT2D eigenvalue weighted by Gasteiger charge is -2.18. The van der Waals surface area contributed by atoms with Gasteiger partial charge in [-0.05, 0) is 83.5 Å². The van der Waals surface area contributed by atoms with Gasteiger partial charge in [-0.2, -0.15) is 0 Å². The molecule has 4 N–H and O–H groups in total. The van der Waals surface area contributed by atoms with Gasteiger partial charge in [0, 0.05) is 12.8 Å². The molecule has 12 heteroatoms. The minimum absolute atomic E-state index is 0.0651. The SMILES string of the molecule is CCCCC/C=C\C/C=C\C/C=C\C/C=C\CCCC(=O)NC(COP(=O)(O)OCC(O)COC(=O)CCCCCCC/C=C\C/C=C\CCCCC)C(=O)O. The number of carbonyl (C=O) groups is 3. The molecule has 3 unspecified atom stereocenters. The number of unbranched alkanes of at least 4 members (excludes halogenated alkanes) is 12. The van der Waals surface area contributed by atoms with E-state index in [4.69, 9.17) is 13.8 Å². The monoisotopic (exact) mass is 808 g/mol. The predicted molar refractivity (Wildman–Crippen MR) is 226 cm³/mol. The molecule has 56 heavy (non-hydrogen) atoms. The van der Waals surface area contributed by atoms with E-state index in [0.717, 1.165) is 70.6 Å². The largest absolute Gasteiger partial charge is 0.480 e. The molecule has 0 aromatic rings. The highest BCUT2D eigenvalue weighted by Crippen LogP contribution is 2.43. The molecule has 0 aliphatic heterocycles. The highest BCUT2D eigenvalue weighted by atomic mass is 31.2. The Kier molecular flexibility index (Phi) is 36.6. The van der Waals surface area contributed by atoms with Gasteiger partial charge < -0.3 is 25.2 Å². The van der Waals surface area contributed by atoms with Gasteiger partial charge in [-0.25, -0.2) is 9.36 Å². The number of carboxylic acid groups (broad SMARTS) is 1. The van der Waals surface area contributed by atoms with Gasteiger partial charge in [-0.15, -0.1) is 0 Å². The van der Waals surface area contributed by atoms with Crippen molar-refractivity contribution in [1.82, 2.24) is 5.32 Å². The van der Waals surface area contributed by atoms with Crippen molar-refractivity contribution in [2.45, 2.75) is 167 Å². The molecular weight excluding hydrogens is 733 g/mol. The van der Waals surface area contributed by atoms with Crippen molar-refractivity contribution in [3.63, 3.8) is 0 Å². The summed E-state index contributed by atoms with van der Waals surface area (Å²) in [5, 5.41) is 21.7. The summed E-state index contributed by atoms with van der Waals surface area (Å²) in [6, 6.07) is -1.58. The van der Waals surface area contributed by atoms with E-state index in [9.17, 15) is 34.1 Å². The number of nitrogens with one attached hydrogen (secondary N) is 1. The molecule has 0 fully saturated rings. The number of phosphoric acid groups is 1. The van der Waals surface area contributed by atoms with Crippen molar-refractivity contribution >= 4 is 25.7 Å². The Balaban J connectivity index is 4.05. The predicted octanol–water partition coefficient (Wildman–Crippen LogP) is 10.6. The average molecular weight is 808 g/mol. The average Bonchev–Trinajstić information content (AvgIpc) is 3.17. The van der Waals surface area contributed by atoms with Crippen LogP contribution in [-0.2, 0) is 32.7 Å². The van der Waals surface area contributed by atoms with Gasteiger partial charge in [-0.1, -0.05) is 132 Å². The Labute approximate surface area is 338 Å². The van der Waals surface area contributed by atoms with Crippen molar-refractivity contribution in [3.8, 4) is 0 Å². The zero-order valence-corrected chi connectivity index (χ0v) is 35.3. The van der Waals surface area contributed by atoms with Crippen LogP contribution in [0.5, 0.6) is 0 Å². The highest BCUT2D eigenvalue weighted by molar-refractivity contribution is 7.47. The molecule has 0 rings (SSSR count). The van der Waals surface area contributed by atoms with Crippen LogP contribution in [0.2, 0.25) is 0 Å². The molecule has 1 amide bonds. The summed E-state index contributed by atoms with van der Waals surface area (Å²) in [6.07, 6.45) is 45.0. The fraction of sp³-hybridized carbons (Fsp3) is 0.659. The number of carbonyl (C=O) groups excluding carboxylic acids is 2. The second-order valence-electron chi connectivity index (χ2n) is 13.8. The van der Waals surface area contributed by atoms with Gasteiger partial charge in [0.15, 0.2) is 6.04 Å². The number of phosphoric ester groups is 1. The molecular formula is C44H74NO10P. The number of carboxylic acids is 1. The summed E-state index contributed by atoms with van der Waals surface area (Å²) in [5.74, 6) is -2.48. The van der Waals surface area contributed by atoms with E-state index in [2.05, 4.69) is 79.9 Å². The number of amides is 1. The van der Waals surface area contributed by atoms with Gasteiger partial charge in [0.25, 0.3) is 0 Å². The number of rotatable bonds is 38. The molecule has 320 valence electrons. The molecule has 0 aromatic heterocycles. The Hall–Kier alpha value is -3.08. The first-order valence-corrected chi connectivity index (χ1v) is 22.5. The minimum atomic E-state index is -4.78. The Morgan fingerprint density at radius 1 is 0.571 bits per heavy atom. The smallest absolute Gasteiger partial charge is 0.472 e. The number of aliphatic hydroxyl groups excluding tert-OH is 1. The number of hydrogen-bond acceptors (Lipinski definition) is 8. The van der Waals surface area contributed by atoms with Crippen molar-refractivity contribution in [3.05, 3.63) is 72.9 Å². The van der Waals surface area contributed by atoms with Crippen molar-refractivity contribution < 1.29 is 47.8 Å². The second-order valence-corrected chi connectivity index (χ2v) is 15.3. The van der Waals surface area contributed by atoms with E-state index < -0.39 is 57.6 Å². The number of esters is 1. The van der Waals surface area contributed by atoms with Crippen LogP contribution >= 0.6 is 7.82 Å². The van der Waals surface area contributed by atoms with Gasteiger partial charge in [0.2, 0.25) is 5.91 Å². The lowest BCUT2D eigenvalue weighted by molar-refractivity contribution is -0.147. The quantitative estimate of drug-likeness (QED) is 0.0204. The van der Waals surface area contributed by atoms with E-state index in [1.807, 2.05) is 12.2 Å². The molecule has 0 aromatic carbocycles. The number of hydrogen-bond donors (Lipinski definition) is 4. The molecule has 0 saturated heterocycles. The molecule has 3 atom stereocenters. The number of ether oxygens (including phenoxy) is 1. The summed E-state index contributed by atoms with van der Waals surface area (Å²) in [7, 11) is -4.78. The fourth-order valence-corrected chi connectivity index (χ4v) is 5.93. The summed E-state index contributed by atoms with van der Waals surface area (Å²) < 4.78 is 26.8. The third-order valence-corrected chi connectivity index (χ3v) is 9.42. The number of aliphatic carboxylic acids is 1. The van der Waals surface area contributed by atoms with Crippen molar-refractivity contribution in [1.29, 1.82) is 0 Å². The van der Waals surface area contributed by atoms with E-state index in [1.165, 1.54) is 38.5 Å². The van der Waals surface area contributed by atoms with E-state index in [0.29, 0.717) is 19.3 Å². The lowest BCUT2D eigenvalue weighted by Crippen LogP contribution is -2.43. The maximum atomic E-state index is 12.3. The molecule has 0 saturated carbocycles. The van der Waals surface area contributed by atoms with E-state index in [-0.39, 0.29) is 12.8 Å². The maximum absolute atomic E-state index is 12.3. The summed E-state index contributed by atoms with van der Waals surface area (Å²) in [6.45, 7) is 2.46. The fourth-order valence-electron chi connectivity index (χ4n) is 5.16. The van der Waals surface area contributed by atoms with Gasteiger partial charge in [0.1, 0.15) is 12.7 Å². The maximum Gasteiger partial charge on any atom is 0.472 e. The first kappa shape index (κ1) is 52.9. The van der Waals surface area contributed by atoms with Crippen LogP contribution in [0.15, 0.2) is 72.9 Å². The normalized spacial score (nSPS) is 14.5. The third-order valence-electron chi connectivity index (χ3n) is 8.47. The Bertz CT molecular complexity index is 1230. The third kappa shape index (κ3) is 37.8. The van der Waals surface area contributed by atoms with Crippen LogP contribution in [0.1, 0.15) is 155 Å². The molecule has 0 spiro atoms. The van der Waals surface area contributed by atoms with E-state index in [1.54, 1.807) is 0 Å². The minimum Gasteiger partial charge on any atom is -0.480 e. The first-order chi connectivity index (χ1) is 27.1. The molecule has 0 heterocycles.